The fourth-order valence-corrected chi connectivity index (χ4v) is 5.53. The minimum Gasteiger partial charge on any atom is -0.422 e. The Morgan fingerprint density at radius 1 is 1.00 bits per heavy atom. The third-order valence-corrected chi connectivity index (χ3v) is 8.06. The molecule has 0 unspecified atom stereocenters. The number of halogens is 2. The topological polar surface area (TPSA) is 114 Å². The molecule has 12 heteroatoms. The van der Waals surface area contributed by atoms with E-state index in [2.05, 4.69) is 15.2 Å². The first-order chi connectivity index (χ1) is 17.2. The summed E-state index contributed by atoms with van der Waals surface area (Å²) < 4.78 is 33.0. The van der Waals surface area contributed by atoms with Crippen LogP contribution in [0.2, 0.25) is 10.0 Å². The Hall–Kier alpha value is -3.28. The monoisotopic (exact) mass is 561 g/mol. The Balaban J connectivity index is 1.33. The molecule has 3 aromatic carbocycles. The van der Waals surface area contributed by atoms with E-state index in [-0.39, 0.29) is 10.6 Å². The van der Waals surface area contributed by atoms with Crippen LogP contribution in [0, 0.1) is 0 Å². The number of thiophene rings is 1. The summed E-state index contributed by atoms with van der Waals surface area (Å²) in [4.78, 5) is 24.9. The van der Waals surface area contributed by atoms with Crippen molar-refractivity contribution in [2.24, 2.45) is 5.10 Å². The van der Waals surface area contributed by atoms with Crippen molar-refractivity contribution in [3.05, 3.63) is 93.3 Å². The summed E-state index contributed by atoms with van der Waals surface area (Å²) in [6.07, 6.45) is 1.33. The number of nitrogens with zero attached hydrogens (tertiary/aromatic N) is 1. The molecule has 184 valence electrons. The van der Waals surface area contributed by atoms with Crippen LogP contribution in [0.25, 0.3) is 10.1 Å². The van der Waals surface area contributed by atoms with Gasteiger partial charge in [-0.1, -0.05) is 53.5 Å². The molecule has 0 aliphatic rings. The highest BCUT2D eigenvalue weighted by Gasteiger charge is 2.19. The first kappa shape index (κ1) is 25.8. The molecule has 2 N–H and O–H groups in total. The van der Waals surface area contributed by atoms with Crippen molar-refractivity contribution in [3.8, 4) is 5.75 Å². The van der Waals surface area contributed by atoms with Gasteiger partial charge in [0.15, 0.2) is 0 Å². The number of hydrogen-bond donors (Lipinski definition) is 2. The number of amides is 1. The van der Waals surface area contributed by atoms with E-state index in [9.17, 15) is 18.0 Å². The summed E-state index contributed by atoms with van der Waals surface area (Å²) in [5.41, 5.74) is 2.76. The number of ether oxygens (including phenoxy) is 1. The summed E-state index contributed by atoms with van der Waals surface area (Å²) >= 11 is 13.3. The average Bonchev–Trinajstić information content (AvgIpc) is 3.20. The number of sulfonamides is 1. The molecule has 0 bridgehead atoms. The lowest BCUT2D eigenvalue weighted by molar-refractivity contribution is -0.119. The number of esters is 1. The third-order valence-electron chi connectivity index (χ3n) is 4.74. The number of nitrogens with one attached hydrogen (secondary N) is 2. The highest BCUT2D eigenvalue weighted by Crippen LogP contribution is 2.35. The third kappa shape index (κ3) is 6.28. The van der Waals surface area contributed by atoms with E-state index in [1.807, 2.05) is 24.3 Å². The molecule has 0 fully saturated rings. The molecule has 0 saturated heterocycles. The molecule has 36 heavy (non-hydrogen) atoms. The van der Waals surface area contributed by atoms with Gasteiger partial charge in [0.1, 0.15) is 10.6 Å². The van der Waals surface area contributed by atoms with E-state index in [0.29, 0.717) is 20.5 Å². The summed E-state index contributed by atoms with van der Waals surface area (Å²) in [5.74, 6) is -0.998. The fourth-order valence-electron chi connectivity index (χ4n) is 3.03. The van der Waals surface area contributed by atoms with Crippen molar-refractivity contribution in [3.63, 3.8) is 0 Å². The van der Waals surface area contributed by atoms with E-state index in [0.717, 1.165) is 10.1 Å². The molecular formula is C24H17Cl2N3O5S2. The van der Waals surface area contributed by atoms with E-state index in [1.165, 1.54) is 41.8 Å². The molecule has 8 nitrogen and oxygen atoms in total. The zero-order chi connectivity index (χ0) is 25.7. The van der Waals surface area contributed by atoms with Gasteiger partial charge in [-0.2, -0.15) is 5.10 Å². The first-order valence-corrected chi connectivity index (χ1v) is 13.3. The Bertz CT molecular complexity index is 1570. The molecule has 0 saturated carbocycles. The zero-order valence-corrected chi connectivity index (χ0v) is 21.4. The minimum atomic E-state index is -3.88. The second-order valence-electron chi connectivity index (χ2n) is 7.27. The molecule has 0 spiro atoms. The quantitative estimate of drug-likeness (QED) is 0.138. The highest BCUT2D eigenvalue weighted by atomic mass is 35.5. The number of hydrogen-bond acceptors (Lipinski definition) is 7. The van der Waals surface area contributed by atoms with Crippen LogP contribution >= 0.6 is 34.5 Å². The van der Waals surface area contributed by atoms with Crippen LogP contribution in [-0.4, -0.2) is 33.1 Å². The van der Waals surface area contributed by atoms with Gasteiger partial charge < -0.3 is 4.74 Å². The molecule has 1 amide bonds. The fraction of sp³-hybridized carbons (Fsp3) is 0.0417. The van der Waals surface area contributed by atoms with Crippen molar-refractivity contribution in [2.45, 2.75) is 4.90 Å². The summed E-state index contributed by atoms with van der Waals surface area (Å²) in [6, 6.07) is 19.4. The molecule has 0 radical (unpaired) electrons. The number of rotatable bonds is 8. The predicted molar refractivity (Wildman–Crippen MR) is 141 cm³/mol. The maximum Gasteiger partial charge on any atom is 0.355 e. The van der Waals surface area contributed by atoms with Crippen LogP contribution in [0.15, 0.2) is 82.8 Å². The maximum atomic E-state index is 12.6. The van der Waals surface area contributed by atoms with Crippen LogP contribution in [0.3, 0.4) is 0 Å². The number of carbonyl (C=O) groups excluding carboxylic acids is 2. The Labute approximate surface area is 220 Å². The second kappa shape index (κ2) is 11.2. The predicted octanol–water partition coefficient (Wildman–Crippen LogP) is 4.86. The van der Waals surface area contributed by atoms with Gasteiger partial charge in [-0.05, 0) is 48.0 Å². The summed E-state index contributed by atoms with van der Waals surface area (Å²) in [6.45, 7) is -0.518. The normalized spacial score (nSPS) is 11.6. The SMILES string of the molecule is O=C(CNS(=O)(=O)c1ccc(Cl)cc1)N/N=C\c1cccc(OC(=O)c2sc3ccccc3c2Cl)c1. The molecule has 0 atom stereocenters. The van der Waals surface area contributed by atoms with Crippen LogP contribution in [0.1, 0.15) is 15.2 Å². The second-order valence-corrected chi connectivity index (χ2v) is 10.9. The highest BCUT2D eigenvalue weighted by molar-refractivity contribution is 7.89. The maximum absolute atomic E-state index is 12.6. The Kier molecular flexibility index (Phi) is 8.02. The molecule has 4 rings (SSSR count). The van der Waals surface area contributed by atoms with Gasteiger partial charge in [-0.25, -0.2) is 23.4 Å². The van der Waals surface area contributed by atoms with Gasteiger partial charge in [0.25, 0.3) is 5.91 Å². The first-order valence-electron chi connectivity index (χ1n) is 10.3. The smallest absolute Gasteiger partial charge is 0.355 e. The van der Waals surface area contributed by atoms with Gasteiger partial charge in [-0.15, -0.1) is 11.3 Å². The van der Waals surface area contributed by atoms with Crippen LogP contribution in [-0.2, 0) is 14.8 Å². The lowest BCUT2D eigenvalue weighted by Gasteiger charge is -2.06. The molecule has 1 heterocycles. The van der Waals surface area contributed by atoms with Gasteiger partial charge in [-0.3, -0.25) is 4.79 Å². The lowest BCUT2D eigenvalue weighted by atomic mass is 10.2. The van der Waals surface area contributed by atoms with Crippen molar-refractivity contribution < 1.29 is 22.7 Å². The van der Waals surface area contributed by atoms with Crippen molar-refractivity contribution in [2.75, 3.05) is 6.54 Å². The number of hydrazone groups is 1. The molecule has 0 aliphatic heterocycles. The minimum absolute atomic E-state index is 0.0218. The van der Waals surface area contributed by atoms with Gasteiger partial charge in [0.2, 0.25) is 10.0 Å². The molecular weight excluding hydrogens is 545 g/mol. The van der Waals surface area contributed by atoms with E-state index in [1.54, 1.807) is 24.3 Å². The van der Waals surface area contributed by atoms with Gasteiger partial charge in [0, 0.05) is 15.1 Å². The van der Waals surface area contributed by atoms with Gasteiger partial charge in [0.05, 0.1) is 22.7 Å². The van der Waals surface area contributed by atoms with E-state index >= 15 is 0 Å². The van der Waals surface area contributed by atoms with E-state index in [4.69, 9.17) is 27.9 Å². The van der Waals surface area contributed by atoms with Crippen molar-refractivity contribution in [1.29, 1.82) is 0 Å². The van der Waals surface area contributed by atoms with Crippen molar-refractivity contribution in [1.82, 2.24) is 10.1 Å². The lowest BCUT2D eigenvalue weighted by Crippen LogP contribution is -2.34. The Morgan fingerprint density at radius 2 is 1.75 bits per heavy atom. The number of carbonyl (C=O) groups is 2. The Morgan fingerprint density at radius 3 is 2.50 bits per heavy atom. The molecule has 1 aromatic heterocycles. The number of benzene rings is 3. The summed E-state index contributed by atoms with van der Waals surface area (Å²) in [7, 11) is -3.88. The van der Waals surface area contributed by atoms with Crippen LogP contribution in [0.4, 0.5) is 0 Å². The largest absolute Gasteiger partial charge is 0.422 e. The molecule has 0 aliphatic carbocycles. The van der Waals surface area contributed by atoms with Crippen molar-refractivity contribution >= 4 is 72.7 Å². The van der Waals surface area contributed by atoms with Crippen LogP contribution in [0.5, 0.6) is 5.75 Å². The van der Waals surface area contributed by atoms with Crippen LogP contribution < -0.4 is 14.9 Å². The van der Waals surface area contributed by atoms with Gasteiger partial charge >= 0.3 is 5.97 Å². The summed E-state index contributed by atoms with van der Waals surface area (Å²) in [5, 5.41) is 5.33. The number of fused-ring (bicyclic) bond motifs is 1. The standard InChI is InChI=1S/C24H17Cl2N3O5S2/c25-16-8-10-18(11-9-16)36(32,33)28-14-21(30)29-27-13-15-4-3-5-17(12-15)34-24(31)23-22(26)19-6-1-2-7-20(19)35-23/h1-13,28H,14H2,(H,29,30)/b27-13-. The van der Waals surface area contributed by atoms with E-state index < -0.39 is 28.4 Å². The molecule has 4 aromatic rings. The zero-order valence-electron chi connectivity index (χ0n) is 18.3. The average molecular weight is 562 g/mol.